The van der Waals surface area contributed by atoms with Gasteiger partial charge in [-0.3, -0.25) is 9.20 Å². The zero-order valence-electron chi connectivity index (χ0n) is 16.0. The Morgan fingerprint density at radius 2 is 1.96 bits per heavy atom. The molecular formula is C21H23BN4O2. The second-order valence-electron chi connectivity index (χ2n) is 6.90. The lowest BCUT2D eigenvalue weighted by atomic mass is 9.98. The van der Waals surface area contributed by atoms with Crippen molar-refractivity contribution < 1.29 is 9.53 Å². The zero-order valence-corrected chi connectivity index (χ0v) is 16.0. The minimum atomic E-state index is -0.133. The SMILES string of the molecule is [B]c1ccn2c(C(=O)NCc3ccc(N4CCOCC4)cc3)c(CC)nc2c1. The molecule has 1 N–H and O–H groups in total. The average Bonchev–Trinajstić information content (AvgIpc) is 3.10. The first-order valence-corrected chi connectivity index (χ1v) is 9.62. The molecule has 4 rings (SSSR count). The van der Waals surface area contributed by atoms with E-state index in [2.05, 4.69) is 39.5 Å². The van der Waals surface area contributed by atoms with Gasteiger partial charge in [-0.2, -0.15) is 0 Å². The number of carbonyl (C=O) groups excluding carboxylic acids is 1. The predicted molar refractivity (Wildman–Crippen MR) is 111 cm³/mol. The van der Waals surface area contributed by atoms with E-state index in [-0.39, 0.29) is 5.91 Å². The van der Waals surface area contributed by atoms with Crippen LogP contribution in [-0.2, 0) is 17.7 Å². The molecule has 0 unspecified atom stereocenters. The molecule has 0 atom stereocenters. The van der Waals surface area contributed by atoms with Crippen LogP contribution in [0.5, 0.6) is 0 Å². The molecule has 0 saturated carbocycles. The number of anilines is 1. The van der Waals surface area contributed by atoms with Crippen LogP contribution in [0.15, 0.2) is 42.6 Å². The van der Waals surface area contributed by atoms with E-state index in [1.54, 1.807) is 22.7 Å². The number of hydrogen-bond acceptors (Lipinski definition) is 4. The van der Waals surface area contributed by atoms with Crippen molar-refractivity contribution in [1.82, 2.24) is 14.7 Å². The molecule has 1 fully saturated rings. The molecule has 0 aliphatic carbocycles. The molecule has 3 heterocycles. The molecule has 1 amide bonds. The molecule has 28 heavy (non-hydrogen) atoms. The third-order valence-electron chi connectivity index (χ3n) is 5.04. The van der Waals surface area contributed by atoms with E-state index >= 15 is 0 Å². The van der Waals surface area contributed by atoms with Gasteiger partial charge in [0.05, 0.1) is 18.9 Å². The maximum absolute atomic E-state index is 12.8. The molecule has 2 aromatic heterocycles. The minimum Gasteiger partial charge on any atom is -0.378 e. The third kappa shape index (κ3) is 3.75. The molecule has 3 aromatic rings. The molecule has 1 aliphatic rings. The van der Waals surface area contributed by atoms with Gasteiger partial charge in [-0.1, -0.05) is 30.6 Å². The summed E-state index contributed by atoms with van der Waals surface area (Å²) in [5.41, 5.74) is 4.91. The predicted octanol–water partition coefficient (Wildman–Crippen LogP) is 1.46. The molecule has 0 spiro atoms. The van der Waals surface area contributed by atoms with Crippen molar-refractivity contribution in [1.29, 1.82) is 0 Å². The maximum Gasteiger partial charge on any atom is 0.270 e. The van der Waals surface area contributed by atoms with Gasteiger partial charge in [0.25, 0.3) is 5.91 Å². The molecule has 6 nitrogen and oxygen atoms in total. The number of hydrogen-bond donors (Lipinski definition) is 1. The molecule has 2 radical (unpaired) electrons. The van der Waals surface area contributed by atoms with Gasteiger partial charge in [-0.15, -0.1) is 0 Å². The Balaban J connectivity index is 1.46. The standard InChI is InChI=1S/C21H23BN4O2/c1-2-18-20(26-8-7-16(22)13-19(26)24-18)21(27)23-14-15-3-5-17(6-4-15)25-9-11-28-12-10-25/h3-8,13H,2,9-12,14H2,1H3,(H,23,27). The summed E-state index contributed by atoms with van der Waals surface area (Å²) in [6, 6.07) is 11.9. The lowest BCUT2D eigenvalue weighted by Crippen LogP contribution is -2.36. The first kappa shape index (κ1) is 18.6. The van der Waals surface area contributed by atoms with Crippen molar-refractivity contribution in [3.05, 3.63) is 59.5 Å². The first-order chi connectivity index (χ1) is 13.7. The smallest absolute Gasteiger partial charge is 0.270 e. The number of rotatable bonds is 5. The van der Waals surface area contributed by atoms with Gasteiger partial charge in [0.15, 0.2) is 0 Å². The Kier molecular flexibility index (Phi) is 5.35. The maximum atomic E-state index is 12.8. The summed E-state index contributed by atoms with van der Waals surface area (Å²) >= 11 is 0. The number of ether oxygens (including phenoxy) is 1. The van der Waals surface area contributed by atoms with Crippen molar-refractivity contribution >= 4 is 30.6 Å². The zero-order chi connectivity index (χ0) is 19.5. The first-order valence-electron chi connectivity index (χ1n) is 9.62. The topological polar surface area (TPSA) is 58.9 Å². The van der Waals surface area contributed by atoms with Crippen LogP contribution in [-0.4, -0.2) is 49.4 Å². The van der Waals surface area contributed by atoms with Crippen LogP contribution in [0.2, 0.25) is 0 Å². The van der Waals surface area contributed by atoms with Crippen LogP contribution in [0, 0.1) is 0 Å². The Labute approximate surface area is 165 Å². The van der Waals surface area contributed by atoms with Crippen molar-refractivity contribution in [2.24, 2.45) is 0 Å². The number of carbonyl (C=O) groups is 1. The van der Waals surface area contributed by atoms with E-state index in [1.165, 1.54) is 5.69 Å². The second-order valence-corrected chi connectivity index (χ2v) is 6.90. The lowest BCUT2D eigenvalue weighted by Gasteiger charge is -2.28. The van der Waals surface area contributed by atoms with Crippen LogP contribution in [0.25, 0.3) is 5.65 Å². The van der Waals surface area contributed by atoms with Gasteiger partial charge in [0.2, 0.25) is 0 Å². The van der Waals surface area contributed by atoms with Crippen LogP contribution in [0.4, 0.5) is 5.69 Å². The molecule has 0 bridgehead atoms. The van der Waals surface area contributed by atoms with Gasteiger partial charge >= 0.3 is 0 Å². The fraction of sp³-hybridized carbons (Fsp3) is 0.333. The van der Waals surface area contributed by atoms with E-state index in [0.29, 0.717) is 29.8 Å². The monoisotopic (exact) mass is 374 g/mol. The number of morpholine rings is 1. The summed E-state index contributed by atoms with van der Waals surface area (Å²) in [6.45, 7) is 5.81. The number of aryl methyl sites for hydroxylation is 1. The molecule has 1 aromatic carbocycles. The fourth-order valence-electron chi connectivity index (χ4n) is 3.51. The quantitative estimate of drug-likeness (QED) is 0.687. The summed E-state index contributed by atoms with van der Waals surface area (Å²) in [7, 11) is 5.84. The van der Waals surface area contributed by atoms with Gasteiger partial charge < -0.3 is 15.0 Å². The summed E-state index contributed by atoms with van der Waals surface area (Å²) in [5, 5.41) is 3.02. The summed E-state index contributed by atoms with van der Waals surface area (Å²) in [5.74, 6) is -0.133. The van der Waals surface area contributed by atoms with Gasteiger partial charge in [0.1, 0.15) is 19.2 Å². The van der Waals surface area contributed by atoms with Gasteiger partial charge in [0, 0.05) is 31.5 Å². The highest BCUT2D eigenvalue weighted by molar-refractivity contribution is 6.32. The van der Waals surface area contributed by atoms with Crippen molar-refractivity contribution in [3.8, 4) is 0 Å². The number of amides is 1. The number of nitrogens with one attached hydrogen (secondary N) is 1. The Morgan fingerprint density at radius 1 is 1.21 bits per heavy atom. The second kappa shape index (κ2) is 8.06. The molecule has 1 aliphatic heterocycles. The molecule has 142 valence electrons. The van der Waals surface area contributed by atoms with Crippen molar-refractivity contribution in [3.63, 3.8) is 0 Å². The van der Waals surface area contributed by atoms with Crippen molar-refractivity contribution in [2.45, 2.75) is 19.9 Å². The lowest BCUT2D eigenvalue weighted by molar-refractivity contribution is 0.0944. The summed E-state index contributed by atoms with van der Waals surface area (Å²) < 4.78 is 7.20. The number of fused-ring (bicyclic) bond motifs is 1. The van der Waals surface area contributed by atoms with E-state index < -0.39 is 0 Å². The molecular weight excluding hydrogens is 351 g/mol. The number of nitrogens with zero attached hydrogens (tertiary/aromatic N) is 3. The van der Waals surface area contributed by atoms with Gasteiger partial charge in [-0.25, -0.2) is 4.98 Å². The van der Waals surface area contributed by atoms with Gasteiger partial charge in [-0.05, 0) is 30.2 Å². The number of pyridine rings is 1. The van der Waals surface area contributed by atoms with E-state index in [1.807, 2.05) is 6.92 Å². The van der Waals surface area contributed by atoms with Crippen LogP contribution in [0.3, 0.4) is 0 Å². The number of aromatic nitrogens is 2. The average molecular weight is 374 g/mol. The highest BCUT2D eigenvalue weighted by atomic mass is 16.5. The third-order valence-corrected chi connectivity index (χ3v) is 5.04. The Bertz CT molecular complexity index is 978. The Hall–Kier alpha value is -2.80. The normalized spacial score (nSPS) is 14.4. The molecule has 1 saturated heterocycles. The van der Waals surface area contributed by atoms with E-state index in [0.717, 1.165) is 37.6 Å². The van der Waals surface area contributed by atoms with E-state index in [4.69, 9.17) is 12.6 Å². The largest absolute Gasteiger partial charge is 0.378 e. The van der Waals surface area contributed by atoms with E-state index in [9.17, 15) is 4.79 Å². The summed E-state index contributed by atoms with van der Waals surface area (Å²) in [4.78, 5) is 19.7. The number of benzene rings is 1. The highest BCUT2D eigenvalue weighted by Gasteiger charge is 2.18. The summed E-state index contributed by atoms with van der Waals surface area (Å²) in [6.07, 6.45) is 2.47. The van der Waals surface area contributed by atoms with Crippen molar-refractivity contribution in [2.75, 3.05) is 31.2 Å². The molecule has 7 heteroatoms. The minimum absolute atomic E-state index is 0.133. The van der Waals surface area contributed by atoms with Crippen LogP contribution in [0.1, 0.15) is 28.7 Å². The Morgan fingerprint density at radius 3 is 2.68 bits per heavy atom. The number of imidazole rings is 1. The van der Waals surface area contributed by atoms with Crippen LogP contribution < -0.4 is 15.7 Å². The fourth-order valence-corrected chi connectivity index (χ4v) is 3.51. The highest BCUT2D eigenvalue weighted by Crippen LogP contribution is 2.17. The van der Waals surface area contributed by atoms with Crippen LogP contribution >= 0.6 is 0 Å².